The van der Waals surface area contributed by atoms with E-state index in [1.165, 1.54) is 35.5 Å². The summed E-state index contributed by atoms with van der Waals surface area (Å²) in [6.07, 6.45) is 2.34. The van der Waals surface area contributed by atoms with E-state index in [0.717, 1.165) is 37.9 Å². The zero-order valence-corrected chi connectivity index (χ0v) is 15.7. The monoisotopic (exact) mass is 358 g/mol. The number of thiazole rings is 1. The number of carbonyl (C=O) groups is 1. The summed E-state index contributed by atoms with van der Waals surface area (Å²) >= 11 is 2.95. The number of anilines is 1. The van der Waals surface area contributed by atoms with Crippen molar-refractivity contribution < 1.29 is 4.79 Å². The summed E-state index contributed by atoms with van der Waals surface area (Å²) < 4.78 is 0. The summed E-state index contributed by atoms with van der Waals surface area (Å²) in [5, 5.41) is 4.58. The fraction of sp³-hybridized carbons (Fsp3) is 0.412. The third-order valence-corrected chi connectivity index (χ3v) is 6.56. The van der Waals surface area contributed by atoms with Crippen molar-refractivity contribution in [3.63, 3.8) is 0 Å². The quantitative estimate of drug-likeness (QED) is 0.748. The van der Waals surface area contributed by atoms with Crippen LogP contribution in [0.4, 0.5) is 5.13 Å². The number of nitrogens with zero attached hydrogens (tertiary/aromatic N) is 3. The molecule has 4 rings (SSSR count). The highest BCUT2D eigenvalue weighted by molar-refractivity contribution is 7.21. The lowest BCUT2D eigenvalue weighted by atomic mass is 10.1. The first-order valence-corrected chi connectivity index (χ1v) is 9.60. The molecule has 1 N–H and O–H groups in total. The number of aromatic nitrogens is 3. The van der Waals surface area contributed by atoms with E-state index >= 15 is 0 Å². The van der Waals surface area contributed by atoms with Crippen molar-refractivity contribution in [2.24, 2.45) is 0 Å². The minimum atomic E-state index is -0.114. The molecule has 0 unspecified atom stereocenters. The minimum absolute atomic E-state index is 0.114. The van der Waals surface area contributed by atoms with Gasteiger partial charge in [-0.1, -0.05) is 0 Å². The highest BCUT2D eigenvalue weighted by atomic mass is 32.1. The number of carbonyl (C=O) groups excluding carboxylic acids is 1. The van der Waals surface area contributed by atoms with Gasteiger partial charge in [0, 0.05) is 16.2 Å². The smallest absolute Gasteiger partial charge is 0.267 e. The average Bonchev–Trinajstić information content (AvgIpc) is 3.24. The number of amides is 1. The first-order chi connectivity index (χ1) is 11.4. The highest BCUT2D eigenvalue weighted by Gasteiger charge is 2.28. The fourth-order valence-electron chi connectivity index (χ4n) is 2.78. The maximum absolute atomic E-state index is 12.7. The lowest BCUT2D eigenvalue weighted by Gasteiger charge is -2.02. The zero-order valence-electron chi connectivity index (χ0n) is 14.1. The zero-order chi connectivity index (χ0) is 17.0. The summed E-state index contributed by atoms with van der Waals surface area (Å²) in [5.41, 5.74) is 2.88. The molecule has 1 amide bonds. The maximum atomic E-state index is 12.7. The molecular weight excluding hydrogens is 340 g/mol. The first kappa shape index (κ1) is 15.7. The third kappa shape index (κ3) is 2.61. The molecule has 1 saturated carbocycles. The van der Waals surface area contributed by atoms with Crippen molar-refractivity contribution in [1.82, 2.24) is 15.0 Å². The van der Waals surface area contributed by atoms with E-state index in [0.29, 0.717) is 15.9 Å². The van der Waals surface area contributed by atoms with Crippen LogP contribution in [0.2, 0.25) is 0 Å². The first-order valence-electron chi connectivity index (χ1n) is 7.97. The molecule has 3 aromatic heterocycles. The van der Waals surface area contributed by atoms with E-state index in [2.05, 4.69) is 15.3 Å². The molecular formula is C17H18N4OS2. The van der Waals surface area contributed by atoms with Crippen LogP contribution >= 0.6 is 22.7 Å². The van der Waals surface area contributed by atoms with E-state index < -0.39 is 0 Å². The van der Waals surface area contributed by atoms with Crippen LogP contribution < -0.4 is 5.32 Å². The number of hydrogen-bond donors (Lipinski definition) is 1. The van der Waals surface area contributed by atoms with E-state index in [9.17, 15) is 4.79 Å². The molecule has 0 saturated heterocycles. The molecule has 5 nitrogen and oxygen atoms in total. The lowest BCUT2D eigenvalue weighted by molar-refractivity contribution is 0.103. The molecule has 0 aromatic carbocycles. The van der Waals surface area contributed by atoms with Gasteiger partial charge >= 0.3 is 0 Å². The number of nitrogens with one attached hydrogen (secondary N) is 1. The molecule has 24 heavy (non-hydrogen) atoms. The molecule has 0 atom stereocenters. The Morgan fingerprint density at radius 2 is 1.79 bits per heavy atom. The Kier molecular flexibility index (Phi) is 3.65. The van der Waals surface area contributed by atoms with Gasteiger partial charge in [-0.15, -0.1) is 22.7 Å². The van der Waals surface area contributed by atoms with Crippen LogP contribution in [-0.4, -0.2) is 20.9 Å². The predicted molar refractivity (Wildman–Crippen MR) is 98.4 cm³/mol. The van der Waals surface area contributed by atoms with E-state index in [1.807, 2.05) is 27.7 Å². The lowest BCUT2D eigenvalue weighted by Crippen LogP contribution is -2.11. The number of rotatable bonds is 3. The normalized spacial score (nSPS) is 14.3. The van der Waals surface area contributed by atoms with Gasteiger partial charge in [-0.2, -0.15) is 0 Å². The minimum Gasteiger partial charge on any atom is -0.297 e. The van der Waals surface area contributed by atoms with E-state index in [4.69, 9.17) is 4.98 Å². The second-order valence-electron chi connectivity index (χ2n) is 6.29. The van der Waals surface area contributed by atoms with Gasteiger partial charge in [-0.3, -0.25) is 10.1 Å². The summed E-state index contributed by atoms with van der Waals surface area (Å²) in [7, 11) is 0. The van der Waals surface area contributed by atoms with Gasteiger partial charge in [0.1, 0.15) is 10.7 Å². The van der Waals surface area contributed by atoms with Crippen molar-refractivity contribution in [3.8, 4) is 0 Å². The van der Waals surface area contributed by atoms with Crippen LogP contribution in [0.1, 0.15) is 56.1 Å². The summed E-state index contributed by atoms with van der Waals surface area (Å²) in [5.74, 6) is 1.32. The molecule has 0 radical (unpaired) electrons. The third-order valence-electron chi connectivity index (χ3n) is 4.39. The molecule has 7 heteroatoms. The molecule has 1 aliphatic rings. The second kappa shape index (κ2) is 5.60. The molecule has 0 spiro atoms. The van der Waals surface area contributed by atoms with Crippen LogP contribution in [-0.2, 0) is 0 Å². The molecule has 3 heterocycles. The fourth-order valence-corrected chi connectivity index (χ4v) is 4.72. The largest absolute Gasteiger partial charge is 0.297 e. The molecule has 0 aliphatic heterocycles. The SMILES string of the molecule is Cc1nc(NC(=O)c2sc3nc(C4CC4)nc(C)c3c2C)sc1C. The molecule has 1 fully saturated rings. The summed E-state index contributed by atoms with van der Waals surface area (Å²) in [6, 6.07) is 0. The maximum Gasteiger partial charge on any atom is 0.267 e. The molecule has 124 valence electrons. The standard InChI is InChI=1S/C17H18N4OS2/c1-7-12-9(3)18-14(11-5-6-11)20-16(12)24-13(7)15(22)21-17-19-8(2)10(4)23-17/h11H,5-6H2,1-4H3,(H,19,21,22). The number of hydrogen-bond acceptors (Lipinski definition) is 6. The van der Waals surface area contributed by atoms with Gasteiger partial charge in [0.2, 0.25) is 0 Å². The Balaban J connectivity index is 1.71. The Bertz CT molecular complexity index is 949. The number of aryl methyl sites for hydroxylation is 4. The van der Waals surface area contributed by atoms with Gasteiger partial charge < -0.3 is 0 Å². The van der Waals surface area contributed by atoms with Crippen molar-refractivity contribution in [2.75, 3.05) is 5.32 Å². The summed E-state index contributed by atoms with van der Waals surface area (Å²) in [4.78, 5) is 29.2. The van der Waals surface area contributed by atoms with Crippen LogP contribution in [0.5, 0.6) is 0 Å². The van der Waals surface area contributed by atoms with Crippen molar-refractivity contribution in [1.29, 1.82) is 0 Å². The Labute approximate surface area is 148 Å². The van der Waals surface area contributed by atoms with Crippen molar-refractivity contribution in [2.45, 2.75) is 46.5 Å². The van der Waals surface area contributed by atoms with Crippen LogP contribution in [0.25, 0.3) is 10.2 Å². The highest BCUT2D eigenvalue weighted by Crippen LogP contribution is 2.40. The van der Waals surface area contributed by atoms with Crippen LogP contribution in [0.15, 0.2) is 0 Å². The van der Waals surface area contributed by atoms with Gasteiger partial charge in [0.15, 0.2) is 5.13 Å². The van der Waals surface area contributed by atoms with Gasteiger partial charge in [0.25, 0.3) is 5.91 Å². The molecule has 3 aromatic rings. The van der Waals surface area contributed by atoms with Crippen molar-refractivity contribution >= 4 is 43.9 Å². The van der Waals surface area contributed by atoms with Gasteiger partial charge in [-0.05, 0) is 46.1 Å². The number of thiophene rings is 1. The van der Waals surface area contributed by atoms with E-state index in [-0.39, 0.29) is 5.91 Å². The van der Waals surface area contributed by atoms with Crippen molar-refractivity contribution in [3.05, 3.63) is 32.5 Å². The molecule has 0 bridgehead atoms. The van der Waals surface area contributed by atoms with Gasteiger partial charge in [0.05, 0.1) is 16.3 Å². The van der Waals surface area contributed by atoms with E-state index in [1.54, 1.807) is 0 Å². The topological polar surface area (TPSA) is 67.8 Å². The Morgan fingerprint density at radius 3 is 2.42 bits per heavy atom. The number of fused-ring (bicyclic) bond motifs is 1. The van der Waals surface area contributed by atoms with Crippen LogP contribution in [0, 0.1) is 27.7 Å². The average molecular weight is 358 g/mol. The Hall–Kier alpha value is -1.86. The Morgan fingerprint density at radius 1 is 1.04 bits per heavy atom. The summed E-state index contributed by atoms with van der Waals surface area (Å²) in [6.45, 7) is 7.93. The van der Waals surface area contributed by atoms with Crippen LogP contribution in [0.3, 0.4) is 0 Å². The molecule has 1 aliphatic carbocycles. The predicted octanol–water partition coefficient (Wildman–Crippen LogP) is 4.51. The second-order valence-corrected chi connectivity index (χ2v) is 8.49. The van der Waals surface area contributed by atoms with Gasteiger partial charge in [-0.25, -0.2) is 15.0 Å².